The van der Waals surface area contributed by atoms with Crippen molar-refractivity contribution in [1.82, 2.24) is 4.31 Å². The molecule has 1 aliphatic heterocycles. The Hall–Kier alpha value is -0.870. The van der Waals surface area contributed by atoms with E-state index in [9.17, 15) is 8.42 Å². The van der Waals surface area contributed by atoms with Gasteiger partial charge in [-0.1, -0.05) is 37.3 Å². The normalized spacial score (nSPS) is 26.9. The Bertz CT molecular complexity index is 483. The largest absolute Gasteiger partial charge is 0.213 e. The van der Waals surface area contributed by atoms with Gasteiger partial charge in [0.05, 0.1) is 6.26 Å². The predicted octanol–water partition coefficient (Wildman–Crippen LogP) is 2.00. The average Bonchev–Trinajstić information content (AvgIpc) is 2.29. The summed E-state index contributed by atoms with van der Waals surface area (Å²) in [7, 11) is -3.07. The van der Waals surface area contributed by atoms with Crippen LogP contribution in [0.3, 0.4) is 0 Å². The maximum atomic E-state index is 11.6. The van der Waals surface area contributed by atoms with E-state index in [2.05, 4.69) is 19.1 Å². The zero-order valence-corrected chi connectivity index (χ0v) is 11.2. The first kappa shape index (κ1) is 12.6. The molecule has 0 spiro atoms. The van der Waals surface area contributed by atoms with E-state index < -0.39 is 10.0 Å². The highest BCUT2D eigenvalue weighted by Gasteiger charge is 2.35. The van der Waals surface area contributed by atoms with Gasteiger partial charge in [0.15, 0.2) is 0 Å². The molecule has 1 heterocycles. The number of hydrogen-bond donors (Lipinski definition) is 0. The highest BCUT2D eigenvalue weighted by atomic mass is 32.2. The maximum Gasteiger partial charge on any atom is 0.211 e. The zero-order valence-electron chi connectivity index (χ0n) is 10.4. The number of piperidine rings is 1. The minimum atomic E-state index is -3.07. The van der Waals surface area contributed by atoms with Gasteiger partial charge < -0.3 is 0 Å². The van der Waals surface area contributed by atoms with Gasteiger partial charge in [0.2, 0.25) is 10.0 Å². The van der Waals surface area contributed by atoms with Gasteiger partial charge in [0.25, 0.3) is 0 Å². The molecule has 94 valence electrons. The van der Waals surface area contributed by atoms with Crippen LogP contribution in [0.1, 0.15) is 25.3 Å². The summed E-state index contributed by atoms with van der Waals surface area (Å²) in [6, 6.07) is 10.2. The van der Waals surface area contributed by atoms with Crippen molar-refractivity contribution in [3.8, 4) is 0 Å². The van der Waals surface area contributed by atoms with Crippen LogP contribution in [0.4, 0.5) is 0 Å². The quantitative estimate of drug-likeness (QED) is 0.808. The lowest BCUT2D eigenvalue weighted by molar-refractivity contribution is 0.241. The van der Waals surface area contributed by atoms with Crippen molar-refractivity contribution in [3.63, 3.8) is 0 Å². The van der Waals surface area contributed by atoms with E-state index in [1.54, 1.807) is 4.31 Å². The molecule has 4 heteroatoms. The summed E-state index contributed by atoms with van der Waals surface area (Å²) in [5.41, 5.74) is 1.18. The standard InChI is InChI=1S/C13H19NO2S/c1-13(12-7-4-3-5-8-12)9-6-10-14(11-13)17(2,15)16/h3-5,7-8H,6,9-11H2,1-2H3. The monoisotopic (exact) mass is 253 g/mol. The molecule has 1 aromatic rings. The summed E-state index contributed by atoms with van der Waals surface area (Å²) < 4.78 is 24.9. The number of hydrogen-bond acceptors (Lipinski definition) is 2. The fraction of sp³-hybridized carbons (Fsp3) is 0.538. The molecule has 2 rings (SSSR count). The van der Waals surface area contributed by atoms with Crippen molar-refractivity contribution in [1.29, 1.82) is 0 Å². The van der Waals surface area contributed by atoms with E-state index in [1.165, 1.54) is 11.8 Å². The lowest BCUT2D eigenvalue weighted by Crippen LogP contribution is -2.46. The van der Waals surface area contributed by atoms with Crippen molar-refractivity contribution in [2.75, 3.05) is 19.3 Å². The lowest BCUT2D eigenvalue weighted by atomic mass is 9.77. The minimum absolute atomic E-state index is 0.0530. The molecule has 0 bridgehead atoms. The van der Waals surface area contributed by atoms with Crippen LogP contribution in [0.5, 0.6) is 0 Å². The lowest BCUT2D eigenvalue weighted by Gasteiger charge is -2.39. The fourth-order valence-electron chi connectivity index (χ4n) is 2.55. The molecule has 1 unspecified atom stereocenters. The second-order valence-corrected chi connectivity index (χ2v) is 7.11. The SMILES string of the molecule is CC1(c2ccccc2)CCCN(S(C)(=O)=O)C1. The van der Waals surface area contributed by atoms with Crippen LogP contribution in [-0.2, 0) is 15.4 Å². The Balaban J connectivity index is 2.27. The van der Waals surface area contributed by atoms with Gasteiger partial charge in [-0.05, 0) is 18.4 Å². The van der Waals surface area contributed by atoms with Crippen LogP contribution in [0.15, 0.2) is 30.3 Å². The van der Waals surface area contributed by atoms with Crippen molar-refractivity contribution < 1.29 is 8.42 Å². The van der Waals surface area contributed by atoms with Crippen LogP contribution in [0, 0.1) is 0 Å². The topological polar surface area (TPSA) is 37.4 Å². The minimum Gasteiger partial charge on any atom is -0.213 e. The molecule has 3 nitrogen and oxygen atoms in total. The van der Waals surface area contributed by atoms with E-state index in [0.717, 1.165) is 12.8 Å². The molecule has 17 heavy (non-hydrogen) atoms. The van der Waals surface area contributed by atoms with Gasteiger partial charge >= 0.3 is 0 Å². The Morgan fingerprint density at radius 3 is 2.47 bits per heavy atom. The summed E-state index contributed by atoms with van der Waals surface area (Å²) in [4.78, 5) is 0. The summed E-state index contributed by atoms with van der Waals surface area (Å²) in [5, 5.41) is 0. The molecular formula is C13H19NO2S. The van der Waals surface area contributed by atoms with Gasteiger partial charge in [0.1, 0.15) is 0 Å². The van der Waals surface area contributed by atoms with Gasteiger partial charge in [-0.25, -0.2) is 12.7 Å². The third-order valence-electron chi connectivity index (χ3n) is 3.60. The Labute approximate surface area is 104 Å². The summed E-state index contributed by atoms with van der Waals surface area (Å²) in [6.45, 7) is 3.40. The van der Waals surface area contributed by atoms with Crippen molar-refractivity contribution >= 4 is 10.0 Å². The molecule has 1 atom stereocenters. The Morgan fingerprint density at radius 2 is 1.88 bits per heavy atom. The summed E-state index contributed by atoms with van der Waals surface area (Å²) in [6.07, 6.45) is 3.27. The zero-order chi connectivity index (χ0) is 12.5. The Morgan fingerprint density at radius 1 is 1.24 bits per heavy atom. The molecular weight excluding hydrogens is 234 g/mol. The number of nitrogens with zero attached hydrogens (tertiary/aromatic N) is 1. The highest BCUT2D eigenvalue weighted by molar-refractivity contribution is 7.88. The molecule has 0 N–H and O–H groups in total. The van der Waals surface area contributed by atoms with E-state index >= 15 is 0 Å². The van der Waals surface area contributed by atoms with Gasteiger partial charge in [-0.2, -0.15) is 0 Å². The molecule has 0 amide bonds. The molecule has 1 saturated heterocycles. The van der Waals surface area contributed by atoms with Crippen molar-refractivity contribution in [2.45, 2.75) is 25.2 Å². The van der Waals surface area contributed by atoms with E-state index in [0.29, 0.717) is 13.1 Å². The second kappa shape index (κ2) is 4.42. The van der Waals surface area contributed by atoms with Crippen LogP contribution < -0.4 is 0 Å². The molecule has 0 radical (unpaired) electrons. The molecule has 0 saturated carbocycles. The first-order valence-corrected chi connectivity index (χ1v) is 7.77. The fourth-order valence-corrected chi connectivity index (χ4v) is 3.53. The highest BCUT2D eigenvalue weighted by Crippen LogP contribution is 2.34. The average molecular weight is 253 g/mol. The molecule has 0 aliphatic carbocycles. The number of benzene rings is 1. The number of rotatable bonds is 2. The number of sulfonamides is 1. The van der Waals surface area contributed by atoms with E-state index in [-0.39, 0.29) is 5.41 Å². The van der Waals surface area contributed by atoms with Crippen LogP contribution >= 0.6 is 0 Å². The van der Waals surface area contributed by atoms with Crippen LogP contribution in [0.2, 0.25) is 0 Å². The first-order valence-electron chi connectivity index (χ1n) is 5.92. The van der Waals surface area contributed by atoms with Crippen molar-refractivity contribution in [2.24, 2.45) is 0 Å². The third-order valence-corrected chi connectivity index (χ3v) is 4.85. The second-order valence-electron chi connectivity index (χ2n) is 5.13. The molecule has 1 aliphatic rings. The van der Waals surface area contributed by atoms with Crippen LogP contribution in [-0.4, -0.2) is 32.1 Å². The smallest absolute Gasteiger partial charge is 0.211 e. The van der Waals surface area contributed by atoms with Gasteiger partial charge in [-0.3, -0.25) is 0 Å². The summed E-state index contributed by atoms with van der Waals surface area (Å²) in [5.74, 6) is 0. The van der Waals surface area contributed by atoms with Crippen LogP contribution in [0.25, 0.3) is 0 Å². The van der Waals surface area contributed by atoms with Gasteiger partial charge in [-0.15, -0.1) is 0 Å². The first-order chi connectivity index (χ1) is 7.92. The van der Waals surface area contributed by atoms with E-state index in [1.807, 2.05) is 18.2 Å². The van der Waals surface area contributed by atoms with Gasteiger partial charge in [0, 0.05) is 18.5 Å². The molecule has 0 aromatic heterocycles. The van der Waals surface area contributed by atoms with E-state index in [4.69, 9.17) is 0 Å². The molecule has 1 aromatic carbocycles. The predicted molar refractivity (Wildman–Crippen MR) is 69.4 cm³/mol. The third kappa shape index (κ3) is 2.69. The molecule has 1 fully saturated rings. The Kier molecular flexibility index (Phi) is 3.27. The summed E-state index contributed by atoms with van der Waals surface area (Å²) >= 11 is 0. The van der Waals surface area contributed by atoms with Crippen molar-refractivity contribution in [3.05, 3.63) is 35.9 Å². The maximum absolute atomic E-state index is 11.6.